The monoisotopic (exact) mass is 314 g/mol. The van der Waals surface area contributed by atoms with Crippen molar-refractivity contribution in [2.75, 3.05) is 13.1 Å². The summed E-state index contributed by atoms with van der Waals surface area (Å²) in [5, 5.41) is 16.8. The molecule has 0 unspecified atom stereocenters. The van der Waals surface area contributed by atoms with Gasteiger partial charge in [0.15, 0.2) is 5.72 Å². The molecule has 2 aromatic rings. The van der Waals surface area contributed by atoms with E-state index in [4.69, 9.17) is 11.6 Å². The maximum absolute atomic E-state index is 11.7. The number of rotatable bonds is 1. The molecule has 2 aliphatic rings. The van der Waals surface area contributed by atoms with Crippen LogP contribution in [-0.2, 0) is 12.3 Å². The van der Waals surface area contributed by atoms with E-state index in [9.17, 15) is 5.11 Å². The molecule has 0 bridgehead atoms. The van der Waals surface area contributed by atoms with Crippen LogP contribution in [0.5, 0.6) is 0 Å². The molecule has 1 fully saturated rings. The number of fused-ring (bicyclic) bond motifs is 2. The van der Waals surface area contributed by atoms with E-state index in [1.807, 2.05) is 42.5 Å². The van der Waals surface area contributed by atoms with E-state index in [1.54, 1.807) is 0 Å². The number of nitrogens with zero attached hydrogens (tertiary/aromatic N) is 2. The minimum Gasteiger partial charge on any atom is -0.366 e. The summed E-state index contributed by atoms with van der Waals surface area (Å²) in [7, 11) is 0. The third-order valence-electron chi connectivity index (χ3n) is 4.74. The van der Waals surface area contributed by atoms with Gasteiger partial charge in [-0.25, -0.2) is 10.0 Å². The van der Waals surface area contributed by atoms with Gasteiger partial charge in [-0.2, -0.15) is 0 Å². The molecule has 0 radical (unpaired) electrons. The van der Waals surface area contributed by atoms with Gasteiger partial charge in [-0.15, -0.1) is 0 Å². The van der Waals surface area contributed by atoms with Crippen LogP contribution >= 0.6 is 11.6 Å². The Kier molecular flexibility index (Phi) is 3.46. The second kappa shape index (κ2) is 5.36. The molecule has 114 valence electrons. The maximum Gasteiger partial charge on any atom is 0.184 e. The van der Waals surface area contributed by atoms with E-state index in [0.717, 1.165) is 37.2 Å². The zero-order valence-corrected chi connectivity index (χ0v) is 13.1. The van der Waals surface area contributed by atoms with E-state index in [-0.39, 0.29) is 0 Å². The fourth-order valence-electron chi connectivity index (χ4n) is 3.67. The molecule has 22 heavy (non-hydrogen) atoms. The van der Waals surface area contributed by atoms with Crippen molar-refractivity contribution >= 4 is 11.6 Å². The van der Waals surface area contributed by atoms with Crippen molar-refractivity contribution < 1.29 is 5.11 Å². The van der Waals surface area contributed by atoms with E-state index in [0.29, 0.717) is 5.02 Å². The molecule has 0 spiro atoms. The lowest BCUT2D eigenvalue weighted by Gasteiger charge is -2.52. The van der Waals surface area contributed by atoms with Gasteiger partial charge in [-0.1, -0.05) is 48.0 Å². The average molecular weight is 315 g/mol. The largest absolute Gasteiger partial charge is 0.366 e. The summed E-state index contributed by atoms with van der Waals surface area (Å²) in [6.07, 6.45) is 2.28. The molecule has 1 saturated heterocycles. The Hall–Kier alpha value is -1.39. The van der Waals surface area contributed by atoms with Crippen molar-refractivity contribution in [1.29, 1.82) is 0 Å². The molecule has 1 N–H and O–H groups in total. The van der Waals surface area contributed by atoms with Crippen molar-refractivity contribution in [2.24, 2.45) is 0 Å². The molecule has 2 aromatic carbocycles. The van der Waals surface area contributed by atoms with Crippen LogP contribution in [0.1, 0.15) is 29.5 Å². The lowest BCUT2D eigenvalue weighted by atomic mass is 9.87. The van der Waals surface area contributed by atoms with Crippen LogP contribution in [-0.4, -0.2) is 28.2 Å². The SMILES string of the molecule is O[C@]1(c2ccc(Cl)cc2)c2ccccc2CN2CCCCN21. The average Bonchev–Trinajstić information content (AvgIpc) is 2.56. The van der Waals surface area contributed by atoms with Crippen molar-refractivity contribution in [1.82, 2.24) is 10.0 Å². The van der Waals surface area contributed by atoms with Crippen LogP contribution in [0, 0.1) is 0 Å². The molecular formula is C18H19ClN2O. The molecule has 0 amide bonds. The number of hydrogen-bond donors (Lipinski definition) is 1. The third kappa shape index (κ3) is 2.09. The summed E-state index contributed by atoms with van der Waals surface area (Å²) >= 11 is 6.03. The Balaban J connectivity index is 1.91. The van der Waals surface area contributed by atoms with Crippen molar-refractivity contribution in [3.05, 3.63) is 70.2 Å². The first-order valence-electron chi connectivity index (χ1n) is 7.79. The van der Waals surface area contributed by atoms with Gasteiger partial charge in [0.25, 0.3) is 0 Å². The summed E-state index contributed by atoms with van der Waals surface area (Å²) in [5.41, 5.74) is 1.93. The zero-order chi connectivity index (χ0) is 15.2. The predicted molar refractivity (Wildman–Crippen MR) is 87.2 cm³/mol. The second-order valence-corrected chi connectivity index (χ2v) is 6.49. The van der Waals surface area contributed by atoms with Crippen LogP contribution in [0.15, 0.2) is 48.5 Å². The van der Waals surface area contributed by atoms with Gasteiger partial charge in [0.2, 0.25) is 0 Å². The van der Waals surface area contributed by atoms with Gasteiger partial charge < -0.3 is 5.11 Å². The van der Waals surface area contributed by atoms with Gasteiger partial charge in [0, 0.05) is 35.8 Å². The van der Waals surface area contributed by atoms with Crippen LogP contribution in [0.3, 0.4) is 0 Å². The lowest BCUT2D eigenvalue weighted by molar-refractivity contribution is -0.224. The zero-order valence-electron chi connectivity index (χ0n) is 12.4. The molecule has 0 saturated carbocycles. The molecule has 2 aliphatic heterocycles. The van der Waals surface area contributed by atoms with Gasteiger partial charge in [0.05, 0.1) is 0 Å². The quantitative estimate of drug-likeness (QED) is 0.874. The Labute approximate surface area is 135 Å². The molecular weight excluding hydrogens is 296 g/mol. The summed E-state index contributed by atoms with van der Waals surface area (Å²) in [5.74, 6) is 0. The maximum atomic E-state index is 11.7. The molecule has 4 rings (SSSR count). The second-order valence-electron chi connectivity index (χ2n) is 6.05. The van der Waals surface area contributed by atoms with Crippen molar-refractivity contribution in [3.8, 4) is 0 Å². The minimum absolute atomic E-state index is 0.687. The Morgan fingerprint density at radius 1 is 0.955 bits per heavy atom. The standard InChI is InChI=1S/C18H19ClN2O/c19-16-9-7-15(8-10-16)18(22)17-6-2-1-5-14(17)13-20-11-3-4-12-21(18)20/h1-2,5-10,22H,3-4,11-13H2/t18-/m1/s1. The topological polar surface area (TPSA) is 26.7 Å². The number of hydrazine groups is 1. The van der Waals surface area contributed by atoms with Gasteiger partial charge in [-0.3, -0.25) is 0 Å². The highest BCUT2D eigenvalue weighted by atomic mass is 35.5. The Morgan fingerprint density at radius 2 is 1.68 bits per heavy atom. The van der Waals surface area contributed by atoms with Crippen molar-refractivity contribution in [2.45, 2.75) is 25.1 Å². The number of hydrogen-bond acceptors (Lipinski definition) is 3. The molecule has 2 heterocycles. The lowest BCUT2D eigenvalue weighted by Crippen LogP contribution is -2.61. The molecule has 1 atom stereocenters. The van der Waals surface area contributed by atoms with Gasteiger partial charge in [-0.05, 0) is 30.5 Å². The van der Waals surface area contributed by atoms with Crippen LogP contribution in [0.25, 0.3) is 0 Å². The number of aliphatic hydroxyl groups is 1. The van der Waals surface area contributed by atoms with Crippen LogP contribution in [0.2, 0.25) is 5.02 Å². The molecule has 0 aromatic heterocycles. The fourth-order valence-corrected chi connectivity index (χ4v) is 3.80. The highest BCUT2D eigenvalue weighted by molar-refractivity contribution is 6.30. The first-order chi connectivity index (χ1) is 10.7. The van der Waals surface area contributed by atoms with Gasteiger partial charge >= 0.3 is 0 Å². The number of benzene rings is 2. The van der Waals surface area contributed by atoms with Gasteiger partial charge in [0.1, 0.15) is 0 Å². The first-order valence-corrected chi connectivity index (χ1v) is 8.17. The predicted octanol–water partition coefficient (Wildman–Crippen LogP) is 3.36. The summed E-state index contributed by atoms with van der Waals surface area (Å²) < 4.78 is 0. The van der Waals surface area contributed by atoms with E-state index < -0.39 is 5.72 Å². The smallest absolute Gasteiger partial charge is 0.184 e. The highest BCUT2D eigenvalue weighted by Crippen LogP contribution is 2.42. The van der Waals surface area contributed by atoms with E-state index in [1.165, 1.54) is 12.0 Å². The minimum atomic E-state index is -1.11. The van der Waals surface area contributed by atoms with E-state index in [2.05, 4.69) is 16.1 Å². The summed E-state index contributed by atoms with van der Waals surface area (Å²) in [4.78, 5) is 0. The van der Waals surface area contributed by atoms with Crippen LogP contribution < -0.4 is 0 Å². The molecule has 4 heteroatoms. The Bertz CT molecular complexity index is 688. The molecule has 3 nitrogen and oxygen atoms in total. The summed E-state index contributed by atoms with van der Waals surface area (Å²) in [6.45, 7) is 2.73. The summed E-state index contributed by atoms with van der Waals surface area (Å²) in [6, 6.07) is 15.7. The molecule has 0 aliphatic carbocycles. The number of halogens is 1. The fraction of sp³-hybridized carbons (Fsp3) is 0.333. The first kappa shape index (κ1) is 14.2. The third-order valence-corrected chi connectivity index (χ3v) is 5.00. The van der Waals surface area contributed by atoms with Crippen LogP contribution in [0.4, 0.5) is 0 Å². The Morgan fingerprint density at radius 3 is 2.50 bits per heavy atom. The van der Waals surface area contributed by atoms with E-state index >= 15 is 0 Å². The van der Waals surface area contributed by atoms with Crippen molar-refractivity contribution in [3.63, 3.8) is 0 Å². The normalized spacial score (nSPS) is 25.5. The highest BCUT2D eigenvalue weighted by Gasteiger charge is 2.46.